The number of aromatic nitrogens is 1. The Kier molecular flexibility index (Phi) is 5.32. The van der Waals surface area contributed by atoms with Gasteiger partial charge in [0.25, 0.3) is 0 Å². The molecule has 26 heavy (non-hydrogen) atoms. The smallest absolute Gasteiger partial charge is 0.131 e. The number of rotatable bonds is 7. The van der Waals surface area contributed by atoms with Gasteiger partial charge in [-0.15, -0.1) is 0 Å². The molecule has 2 heterocycles. The molecule has 3 aromatic rings. The average Bonchev–Trinajstić information content (AvgIpc) is 3.33. The van der Waals surface area contributed by atoms with E-state index < -0.39 is 0 Å². The summed E-state index contributed by atoms with van der Waals surface area (Å²) in [6, 6.07) is 13.5. The largest absolute Gasteiger partial charge is 0.361 e. The molecule has 0 radical (unpaired) electrons. The number of fused-ring (bicyclic) bond motifs is 1. The molecule has 3 nitrogen and oxygen atoms in total. The third-order valence-corrected chi connectivity index (χ3v) is 5.25. The lowest BCUT2D eigenvalue weighted by molar-refractivity contribution is 0.331. The van der Waals surface area contributed by atoms with E-state index in [-0.39, 0.29) is 5.82 Å². The van der Waals surface area contributed by atoms with Crippen LogP contribution in [0.5, 0.6) is 0 Å². The first-order valence-corrected chi connectivity index (χ1v) is 9.59. The number of benzene rings is 2. The van der Waals surface area contributed by atoms with Crippen molar-refractivity contribution < 1.29 is 4.39 Å². The van der Waals surface area contributed by atoms with Gasteiger partial charge in [-0.05, 0) is 92.3 Å². The number of likely N-dealkylation sites (tertiary alicyclic amines) is 1. The first kappa shape index (κ1) is 17.3. The van der Waals surface area contributed by atoms with Crippen LogP contribution in [-0.2, 0) is 6.54 Å². The Morgan fingerprint density at radius 1 is 1.04 bits per heavy atom. The molecule has 2 N–H and O–H groups in total. The van der Waals surface area contributed by atoms with Crippen LogP contribution in [0.3, 0.4) is 0 Å². The van der Waals surface area contributed by atoms with Crippen LogP contribution in [0.2, 0.25) is 0 Å². The van der Waals surface area contributed by atoms with E-state index in [1.165, 1.54) is 32.5 Å². The Labute approximate surface area is 154 Å². The Morgan fingerprint density at radius 2 is 1.92 bits per heavy atom. The van der Waals surface area contributed by atoms with Gasteiger partial charge in [0.05, 0.1) is 0 Å². The quantitative estimate of drug-likeness (QED) is 0.612. The molecule has 0 bridgehead atoms. The van der Waals surface area contributed by atoms with Gasteiger partial charge in [-0.2, -0.15) is 0 Å². The van der Waals surface area contributed by atoms with Gasteiger partial charge in [-0.25, -0.2) is 4.39 Å². The van der Waals surface area contributed by atoms with Crippen molar-refractivity contribution in [1.82, 2.24) is 15.2 Å². The molecule has 1 aromatic heterocycles. The summed E-state index contributed by atoms with van der Waals surface area (Å²) in [4.78, 5) is 5.71. The topological polar surface area (TPSA) is 31.1 Å². The van der Waals surface area contributed by atoms with E-state index in [9.17, 15) is 4.39 Å². The highest BCUT2D eigenvalue weighted by Crippen LogP contribution is 2.27. The van der Waals surface area contributed by atoms with E-state index in [0.29, 0.717) is 5.56 Å². The maximum atomic E-state index is 14.4. The van der Waals surface area contributed by atoms with Crippen LogP contribution in [0.4, 0.5) is 4.39 Å². The zero-order valence-electron chi connectivity index (χ0n) is 15.1. The minimum atomic E-state index is -0.169. The molecule has 1 saturated heterocycles. The van der Waals surface area contributed by atoms with E-state index in [1.807, 2.05) is 42.6 Å². The number of aromatic amines is 1. The predicted molar refractivity (Wildman–Crippen MR) is 106 cm³/mol. The van der Waals surface area contributed by atoms with Crippen molar-refractivity contribution in [2.45, 2.75) is 25.8 Å². The van der Waals surface area contributed by atoms with Crippen molar-refractivity contribution in [3.05, 3.63) is 60.0 Å². The fourth-order valence-corrected chi connectivity index (χ4v) is 3.79. The molecule has 4 rings (SSSR count). The summed E-state index contributed by atoms with van der Waals surface area (Å²) in [5, 5.41) is 4.60. The van der Waals surface area contributed by atoms with E-state index >= 15 is 0 Å². The van der Waals surface area contributed by atoms with Crippen LogP contribution < -0.4 is 5.32 Å². The lowest BCUT2D eigenvalue weighted by Gasteiger charge is -2.14. The normalized spacial score (nSPS) is 15.1. The molecular weight excluding hydrogens is 325 g/mol. The lowest BCUT2D eigenvalue weighted by atomic mass is 10.0. The number of nitrogens with zero attached hydrogens (tertiary/aromatic N) is 1. The third-order valence-electron chi connectivity index (χ3n) is 5.25. The summed E-state index contributed by atoms with van der Waals surface area (Å²) in [7, 11) is 0. The van der Waals surface area contributed by atoms with Gasteiger partial charge < -0.3 is 15.2 Å². The van der Waals surface area contributed by atoms with Crippen LogP contribution in [0, 0.1) is 5.82 Å². The van der Waals surface area contributed by atoms with Crippen molar-refractivity contribution >= 4 is 10.9 Å². The van der Waals surface area contributed by atoms with Crippen LogP contribution in [0.25, 0.3) is 22.0 Å². The Hall–Kier alpha value is -2.17. The van der Waals surface area contributed by atoms with Crippen LogP contribution in [0.1, 0.15) is 24.8 Å². The molecule has 0 saturated carbocycles. The Bertz CT molecular complexity index is 865. The minimum absolute atomic E-state index is 0.169. The summed E-state index contributed by atoms with van der Waals surface area (Å²) in [5.41, 5.74) is 3.79. The molecule has 1 fully saturated rings. The van der Waals surface area contributed by atoms with Crippen molar-refractivity contribution in [3.63, 3.8) is 0 Å². The van der Waals surface area contributed by atoms with Crippen molar-refractivity contribution in [3.8, 4) is 11.1 Å². The van der Waals surface area contributed by atoms with Crippen molar-refractivity contribution in [2.75, 3.05) is 26.2 Å². The lowest BCUT2D eigenvalue weighted by Crippen LogP contribution is -2.24. The monoisotopic (exact) mass is 351 g/mol. The second-order valence-corrected chi connectivity index (χ2v) is 7.17. The maximum Gasteiger partial charge on any atom is 0.131 e. The van der Waals surface area contributed by atoms with Gasteiger partial charge in [0.1, 0.15) is 5.82 Å². The summed E-state index contributed by atoms with van der Waals surface area (Å²) in [6.45, 7) is 5.47. The highest BCUT2D eigenvalue weighted by Gasteiger charge is 2.10. The van der Waals surface area contributed by atoms with Crippen LogP contribution in [-0.4, -0.2) is 36.1 Å². The number of halogens is 1. The van der Waals surface area contributed by atoms with Gasteiger partial charge in [0, 0.05) is 23.8 Å². The minimum Gasteiger partial charge on any atom is -0.361 e. The van der Waals surface area contributed by atoms with Gasteiger partial charge in [-0.1, -0.05) is 12.1 Å². The molecule has 0 aliphatic carbocycles. The number of nitrogens with one attached hydrogen (secondary N) is 2. The fraction of sp³-hybridized carbons (Fsp3) is 0.364. The van der Waals surface area contributed by atoms with Gasteiger partial charge in [0.2, 0.25) is 0 Å². The summed E-state index contributed by atoms with van der Waals surface area (Å²) in [5.74, 6) is -0.169. The molecule has 0 amide bonds. The molecular formula is C22H26FN3. The van der Waals surface area contributed by atoms with Crippen molar-refractivity contribution in [1.29, 1.82) is 0 Å². The summed E-state index contributed by atoms with van der Waals surface area (Å²) >= 11 is 0. The zero-order chi connectivity index (χ0) is 17.8. The Morgan fingerprint density at radius 3 is 2.81 bits per heavy atom. The number of H-pyrrole nitrogens is 1. The SMILES string of the molecule is Fc1ccc(CNCCCN2CCCC2)cc1-c1ccc2[nH]ccc2c1. The van der Waals surface area contributed by atoms with E-state index in [0.717, 1.165) is 41.5 Å². The molecule has 4 heteroatoms. The summed E-state index contributed by atoms with van der Waals surface area (Å²) in [6.07, 6.45) is 5.77. The summed E-state index contributed by atoms with van der Waals surface area (Å²) < 4.78 is 14.4. The average molecular weight is 351 g/mol. The molecule has 0 spiro atoms. The fourth-order valence-electron chi connectivity index (χ4n) is 3.79. The van der Waals surface area contributed by atoms with E-state index in [1.54, 1.807) is 6.07 Å². The highest BCUT2D eigenvalue weighted by molar-refractivity contribution is 5.85. The Balaban J connectivity index is 1.37. The standard InChI is InChI=1S/C22H26FN3/c23-21-6-4-17(16-24-9-3-13-26-11-1-2-12-26)14-20(21)18-5-7-22-19(15-18)8-10-25-22/h4-8,10,14-15,24-25H,1-3,9,11-13,16H2. The number of hydrogen-bond acceptors (Lipinski definition) is 2. The van der Waals surface area contributed by atoms with Crippen LogP contribution >= 0.6 is 0 Å². The molecule has 1 aliphatic rings. The maximum absolute atomic E-state index is 14.4. The zero-order valence-corrected chi connectivity index (χ0v) is 15.1. The van der Waals surface area contributed by atoms with Crippen molar-refractivity contribution in [2.24, 2.45) is 0 Å². The molecule has 0 atom stereocenters. The third kappa shape index (κ3) is 3.97. The molecule has 1 aliphatic heterocycles. The molecule has 2 aromatic carbocycles. The van der Waals surface area contributed by atoms with Crippen LogP contribution in [0.15, 0.2) is 48.7 Å². The second-order valence-electron chi connectivity index (χ2n) is 7.17. The highest BCUT2D eigenvalue weighted by atomic mass is 19.1. The van der Waals surface area contributed by atoms with Gasteiger partial charge >= 0.3 is 0 Å². The molecule has 0 unspecified atom stereocenters. The number of hydrogen-bond donors (Lipinski definition) is 2. The molecule has 136 valence electrons. The van der Waals surface area contributed by atoms with E-state index in [4.69, 9.17) is 0 Å². The second kappa shape index (κ2) is 8.02. The van der Waals surface area contributed by atoms with Gasteiger partial charge in [-0.3, -0.25) is 0 Å². The first-order chi connectivity index (χ1) is 12.8. The van der Waals surface area contributed by atoms with E-state index in [2.05, 4.69) is 15.2 Å². The predicted octanol–water partition coefficient (Wildman–Crippen LogP) is 4.55. The first-order valence-electron chi connectivity index (χ1n) is 9.59. The van der Waals surface area contributed by atoms with Gasteiger partial charge in [0.15, 0.2) is 0 Å².